The predicted molar refractivity (Wildman–Crippen MR) is 82.1 cm³/mol. The molecule has 1 atom stereocenters. The van der Waals surface area contributed by atoms with Gasteiger partial charge in [-0.05, 0) is 33.8 Å². The van der Waals surface area contributed by atoms with Crippen LogP contribution in [0.5, 0.6) is 0 Å². The lowest BCUT2D eigenvalue weighted by Gasteiger charge is -2.12. The highest BCUT2D eigenvalue weighted by atomic mass is 79.9. The molecule has 2 rings (SSSR count). The van der Waals surface area contributed by atoms with E-state index in [-0.39, 0.29) is 0 Å². The van der Waals surface area contributed by atoms with Gasteiger partial charge in [0.2, 0.25) is 5.95 Å². The average molecular weight is 321 g/mol. The molecular formula is C14H17BrN4. The normalized spacial score (nSPS) is 12.1. The molecule has 0 aliphatic rings. The van der Waals surface area contributed by atoms with Gasteiger partial charge in [0.05, 0.1) is 0 Å². The molecule has 0 spiro atoms. The second kappa shape index (κ2) is 6.52. The van der Waals surface area contributed by atoms with Crippen molar-refractivity contribution >= 4 is 27.7 Å². The summed E-state index contributed by atoms with van der Waals surface area (Å²) in [5.74, 6) is 1.52. The van der Waals surface area contributed by atoms with E-state index in [0.717, 1.165) is 13.0 Å². The molecule has 4 nitrogen and oxygen atoms in total. The van der Waals surface area contributed by atoms with Crippen molar-refractivity contribution in [2.45, 2.75) is 19.3 Å². The van der Waals surface area contributed by atoms with Gasteiger partial charge in [-0.1, -0.05) is 37.3 Å². The number of halogens is 1. The van der Waals surface area contributed by atoms with Crippen LogP contribution in [-0.4, -0.2) is 16.5 Å². The van der Waals surface area contributed by atoms with Crippen molar-refractivity contribution in [3.8, 4) is 0 Å². The van der Waals surface area contributed by atoms with Crippen LogP contribution in [0.25, 0.3) is 0 Å². The van der Waals surface area contributed by atoms with Crippen LogP contribution >= 0.6 is 15.9 Å². The zero-order valence-corrected chi connectivity index (χ0v) is 12.4. The van der Waals surface area contributed by atoms with E-state index < -0.39 is 0 Å². The van der Waals surface area contributed by atoms with Crippen LogP contribution in [0.3, 0.4) is 0 Å². The second-order valence-corrected chi connectivity index (χ2v) is 5.28. The Morgan fingerprint density at radius 2 is 2.00 bits per heavy atom. The first-order chi connectivity index (χ1) is 9.15. The van der Waals surface area contributed by atoms with Gasteiger partial charge < -0.3 is 11.1 Å². The van der Waals surface area contributed by atoms with Gasteiger partial charge in [-0.2, -0.15) is 4.98 Å². The van der Waals surface area contributed by atoms with Crippen molar-refractivity contribution in [1.29, 1.82) is 0 Å². The lowest BCUT2D eigenvalue weighted by molar-refractivity contribution is 0.703. The third kappa shape index (κ3) is 4.21. The maximum absolute atomic E-state index is 5.66. The summed E-state index contributed by atoms with van der Waals surface area (Å²) < 4.78 is 0.693. The third-order valence-electron chi connectivity index (χ3n) is 2.94. The van der Waals surface area contributed by atoms with Crippen molar-refractivity contribution in [2.75, 3.05) is 17.6 Å². The highest BCUT2D eigenvalue weighted by molar-refractivity contribution is 9.10. The van der Waals surface area contributed by atoms with Crippen LogP contribution in [0.15, 0.2) is 41.0 Å². The van der Waals surface area contributed by atoms with E-state index in [9.17, 15) is 0 Å². The largest absolute Gasteiger partial charge is 0.383 e. The van der Waals surface area contributed by atoms with Gasteiger partial charge in [0.25, 0.3) is 0 Å². The standard InChI is InChI=1S/C14H17BrN4/c1-10(11-5-3-2-4-6-11)7-8-17-14-18-12(15)9-13(16)19-14/h2-6,9-10H,7-8H2,1H3,(H3,16,17,18,19). The van der Waals surface area contributed by atoms with Crippen LogP contribution in [0, 0.1) is 0 Å². The molecule has 0 fully saturated rings. The minimum Gasteiger partial charge on any atom is -0.383 e. The van der Waals surface area contributed by atoms with Crippen molar-refractivity contribution < 1.29 is 0 Å². The van der Waals surface area contributed by atoms with Crippen molar-refractivity contribution in [3.05, 3.63) is 46.6 Å². The number of hydrogen-bond donors (Lipinski definition) is 2. The first-order valence-corrected chi connectivity index (χ1v) is 7.03. The van der Waals surface area contributed by atoms with Crippen LogP contribution in [0.2, 0.25) is 0 Å². The minimum atomic E-state index is 0.459. The van der Waals surface area contributed by atoms with Crippen molar-refractivity contribution in [1.82, 2.24) is 9.97 Å². The summed E-state index contributed by atoms with van der Waals surface area (Å²) in [6.45, 7) is 3.03. The molecule has 0 aliphatic heterocycles. The number of anilines is 2. The fourth-order valence-corrected chi connectivity index (χ4v) is 2.27. The fourth-order valence-electron chi connectivity index (χ4n) is 1.86. The smallest absolute Gasteiger partial charge is 0.225 e. The zero-order valence-electron chi connectivity index (χ0n) is 10.8. The quantitative estimate of drug-likeness (QED) is 0.828. The number of nitrogen functional groups attached to an aromatic ring is 1. The Hall–Kier alpha value is -1.62. The van der Waals surface area contributed by atoms with Gasteiger partial charge in [0.15, 0.2) is 0 Å². The molecule has 0 amide bonds. The molecular weight excluding hydrogens is 304 g/mol. The maximum atomic E-state index is 5.66. The molecule has 2 aromatic rings. The van der Waals surface area contributed by atoms with E-state index in [1.165, 1.54) is 5.56 Å². The molecule has 100 valence electrons. The molecule has 5 heteroatoms. The summed E-state index contributed by atoms with van der Waals surface area (Å²) in [5, 5.41) is 3.19. The number of rotatable bonds is 5. The highest BCUT2D eigenvalue weighted by Crippen LogP contribution is 2.18. The summed E-state index contributed by atoms with van der Waals surface area (Å²) in [5.41, 5.74) is 7.01. The Labute approximate surface area is 121 Å². The number of nitrogens with two attached hydrogens (primary N) is 1. The number of nitrogens with one attached hydrogen (secondary N) is 1. The SMILES string of the molecule is CC(CCNc1nc(N)cc(Br)n1)c1ccccc1. The number of nitrogens with zero attached hydrogens (tertiary/aromatic N) is 2. The number of benzene rings is 1. The first kappa shape index (κ1) is 13.8. The maximum Gasteiger partial charge on any atom is 0.225 e. The van der Waals surface area contributed by atoms with E-state index in [0.29, 0.717) is 22.3 Å². The molecule has 19 heavy (non-hydrogen) atoms. The Morgan fingerprint density at radius 1 is 1.26 bits per heavy atom. The van der Waals surface area contributed by atoms with Gasteiger partial charge in [-0.15, -0.1) is 0 Å². The van der Waals surface area contributed by atoms with Crippen LogP contribution in [0.4, 0.5) is 11.8 Å². The molecule has 1 aromatic heterocycles. The molecule has 0 bridgehead atoms. The van der Waals surface area contributed by atoms with Crippen LogP contribution < -0.4 is 11.1 Å². The van der Waals surface area contributed by atoms with Gasteiger partial charge in [-0.25, -0.2) is 4.98 Å². The number of hydrogen-bond acceptors (Lipinski definition) is 4. The Kier molecular flexibility index (Phi) is 4.74. The van der Waals surface area contributed by atoms with E-state index in [1.807, 2.05) is 6.07 Å². The summed E-state index contributed by atoms with van der Waals surface area (Å²) in [4.78, 5) is 8.35. The molecule has 3 N–H and O–H groups in total. The molecule has 0 radical (unpaired) electrons. The Bertz CT molecular complexity index is 510. The molecule has 0 saturated carbocycles. The van der Waals surface area contributed by atoms with Crippen LogP contribution in [0.1, 0.15) is 24.8 Å². The predicted octanol–water partition coefficient (Wildman–Crippen LogP) is 3.43. The summed E-state index contributed by atoms with van der Waals surface area (Å²) in [6, 6.07) is 12.1. The van der Waals surface area contributed by atoms with Crippen molar-refractivity contribution in [3.63, 3.8) is 0 Å². The van der Waals surface area contributed by atoms with E-state index in [4.69, 9.17) is 5.73 Å². The van der Waals surface area contributed by atoms with E-state index in [1.54, 1.807) is 6.07 Å². The topological polar surface area (TPSA) is 63.8 Å². The molecule has 1 aromatic carbocycles. The zero-order chi connectivity index (χ0) is 13.7. The van der Waals surface area contributed by atoms with Gasteiger partial charge in [-0.3, -0.25) is 0 Å². The van der Waals surface area contributed by atoms with Crippen molar-refractivity contribution in [2.24, 2.45) is 0 Å². The lowest BCUT2D eigenvalue weighted by atomic mass is 9.98. The first-order valence-electron chi connectivity index (χ1n) is 6.24. The van der Waals surface area contributed by atoms with Gasteiger partial charge in [0.1, 0.15) is 10.4 Å². The molecule has 1 unspecified atom stereocenters. The molecule has 0 aliphatic carbocycles. The Balaban J connectivity index is 1.86. The van der Waals surface area contributed by atoms with E-state index in [2.05, 4.69) is 62.4 Å². The lowest BCUT2D eigenvalue weighted by Crippen LogP contribution is -2.09. The number of aromatic nitrogens is 2. The summed E-state index contributed by atoms with van der Waals surface area (Å²) >= 11 is 3.30. The third-order valence-corrected chi connectivity index (χ3v) is 3.35. The van der Waals surface area contributed by atoms with Crippen LogP contribution in [-0.2, 0) is 0 Å². The second-order valence-electron chi connectivity index (χ2n) is 4.47. The molecule has 0 saturated heterocycles. The molecule has 1 heterocycles. The van der Waals surface area contributed by atoms with Gasteiger partial charge in [0, 0.05) is 12.6 Å². The van der Waals surface area contributed by atoms with E-state index >= 15 is 0 Å². The fraction of sp³-hybridized carbons (Fsp3) is 0.286. The monoisotopic (exact) mass is 320 g/mol. The summed E-state index contributed by atoms with van der Waals surface area (Å²) in [6.07, 6.45) is 1.01. The summed E-state index contributed by atoms with van der Waals surface area (Å²) in [7, 11) is 0. The minimum absolute atomic E-state index is 0.459. The Morgan fingerprint density at radius 3 is 2.68 bits per heavy atom. The van der Waals surface area contributed by atoms with Gasteiger partial charge >= 0.3 is 0 Å². The average Bonchev–Trinajstić information content (AvgIpc) is 2.38. The highest BCUT2D eigenvalue weighted by Gasteiger charge is 2.05.